The second-order valence-electron chi connectivity index (χ2n) is 8.00. The zero-order valence-corrected chi connectivity index (χ0v) is 21.3. The molecule has 0 fully saturated rings. The number of nitrogens with one attached hydrogen (secondary N) is 2. The molecule has 2 aromatic carbocycles. The molecular weight excluding hydrogens is 466 g/mol. The Balaban J connectivity index is 1.77. The molecule has 2 N–H and O–H groups in total. The summed E-state index contributed by atoms with van der Waals surface area (Å²) < 4.78 is 31.1. The molecule has 0 amide bonds. The van der Waals surface area contributed by atoms with Crippen molar-refractivity contribution in [3.63, 3.8) is 0 Å². The Bertz CT molecular complexity index is 1520. The maximum absolute atomic E-state index is 13.1. The van der Waals surface area contributed by atoms with Gasteiger partial charge in [0.15, 0.2) is 5.82 Å². The second-order valence-corrected chi connectivity index (χ2v) is 9.94. The van der Waals surface area contributed by atoms with Crippen LogP contribution in [0.25, 0.3) is 16.7 Å². The largest absolute Gasteiger partial charge is 0.384 e. The van der Waals surface area contributed by atoms with E-state index >= 15 is 0 Å². The number of aromatic nitrogens is 4. The highest BCUT2D eigenvalue weighted by Gasteiger charge is 2.23. The fourth-order valence-electron chi connectivity index (χ4n) is 4.28. The Kier molecular flexibility index (Phi) is 7.08. The van der Waals surface area contributed by atoms with Crippen molar-refractivity contribution in [2.45, 2.75) is 45.7 Å². The summed E-state index contributed by atoms with van der Waals surface area (Å²) >= 11 is 0. The van der Waals surface area contributed by atoms with Gasteiger partial charge in [-0.15, -0.1) is 10.2 Å². The second kappa shape index (κ2) is 10.0. The van der Waals surface area contributed by atoms with Crippen molar-refractivity contribution in [2.24, 2.45) is 0 Å². The molecule has 2 aromatic heterocycles. The molecule has 0 aliphatic carbocycles. The highest BCUT2D eigenvalue weighted by Crippen LogP contribution is 2.28. The number of hydrogen-bond donors (Lipinski definition) is 2. The van der Waals surface area contributed by atoms with Gasteiger partial charge in [0.1, 0.15) is 0 Å². The molecule has 0 aliphatic heterocycles. The van der Waals surface area contributed by atoms with Gasteiger partial charge in [-0.3, -0.25) is 13.8 Å². The molecular formula is C24H31N7O3S. The van der Waals surface area contributed by atoms with E-state index in [1.807, 2.05) is 50.3 Å². The van der Waals surface area contributed by atoms with Crippen molar-refractivity contribution in [1.29, 1.82) is 0 Å². The summed E-state index contributed by atoms with van der Waals surface area (Å²) in [5.74, 6) is 1.08. The van der Waals surface area contributed by atoms with Gasteiger partial charge in [0, 0.05) is 26.2 Å². The van der Waals surface area contributed by atoms with Gasteiger partial charge in [0.25, 0.3) is 5.56 Å². The van der Waals surface area contributed by atoms with Crippen LogP contribution in [0, 0.1) is 0 Å². The predicted molar refractivity (Wildman–Crippen MR) is 138 cm³/mol. The quantitative estimate of drug-likeness (QED) is 0.346. The number of hydrogen-bond acceptors (Lipinski definition) is 7. The fraction of sp³-hybridized carbons (Fsp3) is 0.375. The van der Waals surface area contributed by atoms with Gasteiger partial charge in [-0.2, -0.15) is 4.31 Å². The predicted octanol–water partition coefficient (Wildman–Crippen LogP) is 3.14. The average Bonchev–Trinajstić information content (AvgIpc) is 3.28. The zero-order valence-electron chi connectivity index (χ0n) is 20.4. The molecule has 0 saturated carbocycles. The van der Waals surface area contributed by atoms with Gasteiger partial charge >= 0.3 is 0 Å². The summed E-state index contributed by atoms with van der Waals surface area (Å²) in [4.78, 5) is 13.1. The summed E-state index contributed by atoms with van der Waals surface area (Å²) in [6.07, 6.45) is 0. The Morgan fingerprint density at radius 1 is 0.943 bits per heavy atom. The van der Waals surface area contributed by atoms with Gasteiger partial charge in [-0.25, -0.2) is 8.42 Å². The Hall–Kier alpha value is -3.44. The van der Waals surface area contributed by atoms with E-state index in [4.69, 9.17) is 0 Å². The van der Waals surface area contributed by atoms with Crippen LogP contribution in [0.4, 0.5) is 11.4 Å². The SMILES string of the molecule is CCNc1ccc(S(=O)(=O)N(CC)CC)cc1NCc1nnc2n(CC)c(=O)c3ccccc3n12. The number of nitrogens with zero attached hydrogens (tertiary/aromatic N) is 5. The molecule has 0 bridgehead atoms. The van der Waals surface area contributed by atoms with Gasteiger partial charge in [-0.05, 0) is 44.2 Å². The van der Waals surface area contributed by atoms with Crippen LogP contribution in [-0.2, 0) is 23.1 Å². The van der Waals surface area contributed by atoms with E-state index in [1.165, 1.54) is 4.31 Å². The molecule has 186 valence electrons. The van der Waals surface area contributed by atoms with Crippen LogP contribution >= 0.6 is 0 Å². The molecule has 2 heterocycles. The molecule has 0 unspecified atom stereocenters. The number of sulfonamides is 1. The number of fused-ring (bicyclic) bond motifs is 3. The molecule has 4 rings (SSSR count). The van der Waals surface area contributed by atoms with Crippen LogP contribution in [0.5, 0.6) is 0 Å². The third-order valence-corrected chi connectivity index (χ3v) is 8.08. The first-order chi connectivity index (χ1) is 16.9. The number of benzene rings is 2. The molecule has 0 atom stereocenters. The lowest BCUT2D eigenvalue weighted by Crippen LogP contribution is -2.30. The highest BCUT2D eigenvalue weighted by molar-refractivity contribution is 7.89. The van der Waals surface area contributed by atoms with Crippen LogP contribution in [-0.4, -0.2) is 51.5 Å². The van der Waals surface area contributed by atoms with Gasteiger partial charge in [-0.1, -0.05) is 26.0 Å². The molecule has 0 spiro atoms. The van der Waals surface area contributed by atoms with E-state index in [-0.39, 0.29) is 17.0 Å². The summed E-state index contributed by atoms with van der Waals surface area (Å²) in [6.45, 7) is 9.74. The number of para-hydroxylation sites is 1. The topological polar surface area (TPSA) is 114 Å². The van der Waals surface area contributed by atoms with Crippen molar-refractivity contribution < 1.29 is 8.42 Å². The summed E-state index contributed by atoms with van der Waals surface area (Å²) in [5.41, 5.74) is 2.05. The molecule has 0 aliphatic rings. The highest BCUT2D eigenvalue weighted by atomic mass is 32.2. The van der Waals surface area contributed by atoms with Crippen LogP contribution in [0.2, 0.25) is 0 Å². The van der Waals surface area contributed by atoms with Gasteiger partial charge in [0.2, 0.25) is 15.8 Å². The summed E-state index contributed by atoms with van der Waals surface area (Å²) in [7, 11) is -3.61. The lowest BCUT2D eigenvalue weighted by molar-refractivity contribution is 0.445. The maximum Gasteiger partial charge on any atom is 0.262 e. The van der Waals surface area contributed by atoms with E-state index in [0.29, 0.717) is 48.9 Å². The van der Waals surface area contributed by atoms with Crippen LogP contribution in [0.1, 0.15) is 33.5 Å². The molecule has 0 saturated heterocycles. The summed E-state index contributed by atoms with van der Waals surface area (Å²) in [6, 6.07) is 12.4. The van der Waals surface area contributed by atoms with Crippen molar-refractivity contribution in [3.8, 4) is 0 Å². The van der Waals surface area contributed by atoms with Gasteiger partial charge in [0.05, 0.1) is 33.7 Å². The van der Waals surface area contributed by atoms with Crippen LogP contribution in [0.15, 0.2) is 52.2 Å². The smallest absolute Gasteiger partial charge is 0.262 e. The Morgan fingerprint density at radius 3 is 2.37 bits per heavy atom. The lowest BCUT2D eigenvalue weighted by atomic mass is 10.2. The normalized spacial score (nSPS) is 12.0. The minimum atomic E-state index is -3.61. The maximum atomic E-state index is 13.1. The molecule has 11 heteroatoms. The standard InChI is InChI=1S/C24H31N7O3S/c1-5-25-19-14-13-17(35(33,34)29(6-2)7-3)15-20(19)26-16-22-27-28-24-30(8-4)23(32)18-11-9-10-12-21(18)31(22)24/h9-15,25-26H,5-8,16H2,1-4H3. The molecule has 4 aromatic rings. The average molecular weight is 498 g/mol. The van der Waals surface area contributed by atoms with Crippen LogP contribution in [0.3, 0.4) is 0 Å². The number of aryl methyl sites for hydroxylation is 1. The first kappa shape index (κ1) is 24.7. The van der Waals surface area contributed by atoms with E-state index in [9.17, 15) is 13.2 Å². The van der Waals surface area contributed by atoms with Gasteiger partial charge < -0.3 is 10.6 Å². The van der Waals surface area contributed by atoms with E-state index in [2.05, 4.69) is 20.8 Å². The van der Waals surface area contributed by atoms with Crippen molar-refractivity contribution >= 4 is 38.1 Å². The molecule has 35 heavy (non-hydrogen) atoms. The van der Waals surface area contributed by atoms with E-state index in [1.54, 1.807) is 28.8 Å². The third-order valence-electron chi connectivity index (χ3n) is 6.03. The fourth-order valence-corrected chi connectivity index (χ4v) is 5.76. The van der Waals surface area contributed by atoms with Crippen molar-refractivity contribution in [3.05, 3.63) is 58.6 Å². The first-order valence-electron chi connectivity index (χ1n) is 11.8. The third kappa shape index (κ3) is 4.37. The minimum absolute atomic E-state index is 0.105. The van der Waals surface area contributed by atoms with E-state index in [0.717, 1.165) is 11.2 Å². The lowest BCUT2D eigenvalue weighted by Gasteiger charge is -2.20. The van der Waals surface area contributed by atoms with Crippen molar-refractivity contribution in [1.82, 2.24) is 23.5 Å². The van der Waals surface area contributed by atoms with Crippen molar-refractivity contribution in [2.75, 3.05) is 30.3 Å². The molecule has 10 nitrogen and oxygen atoms in total. The summed E-state index contributed by atoms with van der Waals surface area (Å²) in [5, 5.41) is 15.8. The number of rotatable bonds is 10. The van der Waals surface area contributed by atoms with Crippen LogP contribution < -0.4 is 16.2 Å². The monoisotopic (exact) mass is 497 g/mol. The van der Waals surface area contributed by atoms with E-state index < -0.39 is 10.0 Å². The molecule has 0 radical (unpaired) electrons. The Morgan fingerprint density at radius 2 is 1.69 bits per heavy atom. The Labute approximate surface area is 204 Å². The first-order valence-corrected chi connectivity index (χ1v) is 13.3. The minimum Gasteiger partial charge on any atom is -0.384 e. The zero-order chi connectivity index (χ0) is 25.2. The number of anilines is 2.